The Morgan fingerprint density at radius 2 is 0.500 bits per heavy atom. The lowest BCUT2D eigenvalue weighted by Gasteiger charge is -2.18. The Balaban J connectivity index is 4.36. The minimum Gasteiger partial charge on any atom is -0.462 e. The molecule has 0 fully saturated rings. The van der Waals surface area contributed by atoms with E-state index in [0.717, 1.165) is 109 Å². The van der Waals surface area contributed by atoms with Gasteiger partial charge in [-0.1, -0.05) is 305 Å². The van der Waals surface area contributed by atoms with Crippen LogP contribution in [0.4, 0.5) is 0 Å². The molecule has 0 saturated carbocycles. The third-order valence-corrected chi connectivity index (χ3v) is 14.6. The normalized spacial score (nSPS) is 12.6. The number of carbonyl (C=O) groups excluding carboxylic acids is 3. The first-order chi connectivity index (χ1) is 38.5. The minimum atomic E-state index is -0.784. The first-order valence-electron chi connectivity index (χ1n) is 33.6. The van der Waals surface area contributed by atoms with Gasteiger partial charge in [0.2, 0.25) is 0 Å². The second-order valence-corrected chi connectivity index (χ2v) is 22.4. The fourth-order valence-electron chi connectivity index (χ4n) is 9.62. The van der Waals surface area contributed by atoms with E-state index in [4.69, 9.17) is 14.2 Å². The van der Waals surface area contributed by atoms with Crippen molar-refractivity contribution in [2.45, 2.75) is 341 Å². The number of hydrogen-bond acceptors (Lipinski definition) is 6. The molecule has 0 aliphatic heterocycles. The van der Waals surface area contributed by atoms with Crippen molar-refractivity contribution in [3.8, 4) is 0 Å². The predicted molar refractivity (Wildman–Crippen MR) is 339 cm³/mol. The third kappa shape index (κ3) is 63.4. The van der Waals surface area contributed by atoms with Crippen LogP contribution in [-0.2, 0) is 28.6 Å². The van der Waals surface area contributed by atoms with Crippen molar-refractivity contribution in [1.29, 1.82) is 0 Å². The van der Waals surface area contributed by atoms with Crippen LogP contribution < -0.4 is 0 Å². The summed E-state index contributed by atoms with van der Waals surface area (Å²) in [6, 6.07) is 0. The molecule has 0 rings (SSSR count). The highest BCUT2D eigenvalue weighted by molar-refractivity contribution is 5.71. The molecule has 0 aromatic carbocycles. The molecule has 0 N–H and O–H groups in total. The van der Waals surface area contributed by atoms with E-state index in [9.17, 15) is 14.4 Å². The van der Waals surface area contributed by atoms with Crippen molar-refractivity contribution in [2.75, 3.05) is 13.2 Å². The smallest absolute Gasteiger partial charge is 0.306 e. The summed E-state index contributed by atoms with van der Waals surface area (Å²) in [4.78, 5) is 38.4. The molecule has 0 heterocycles. The van der Waals surface area contributed by atoms with E-state index in [1.165, 1.54) is 186 Å². The van der Waals surface area contributed by atoms with Gasteiger partial charge in [-0.25, -0.2) is 0 Å². The van der Waals surface area contributed by atoms with Crippen molar-refractivity contribution in [3.05, 3.63) is 85.1 Å². The molecule has 0 amide bonds. The third-order valence-electron chi connectivity index (χ3n) is 14.6. The molecule has 0 radical (unpaired) electrons. The molecule has 0 aliphatic carbocycles. The molecule has 1 unspecified atom stereocenters. The first-order valence-corrected chi connectivity index (χ1v) is 33.6. The maximum absolute atomic E-state index is 12.9. The molecule has 0 aliphatic rings. The molecule has 0 saturated heterocycles. The lowest BCUT2D eigenvalue weighted by Crippen LogP contribution is -2.30. The van der Waals surface area contributed by atoms with E-state index >= 15 is 0 Å². The lowest BCUT2D eigenvalue weighted by atomic mass is 10.0. The van der Waals surface area contributed by atoms with Gasteiger partial charge in [0.05, 0.1) is 0 Å². The van der Waals surface area contributed by atoms with Gasteiger partial charge in [0.25, 0.3) is 0 Å². The number of rotatable bonds is 61. The van der Waals surface area contributed by atoms with Crippen LogP contribution in [0.5, 0.6) is 0 Å². The highest BCUT2D eigenvalue weighted by Crippen LogP contribution is 2.17. The van der Waals surface area contributed by atoms with E-state index in [1.54, 1.807) is 0 Å². The van der Waals surface area contributed by atoms with E-state index < -0.39 is 6.10 Å². The van der Waals surface area contributed by atoms with Crippen LogP contribution in [0.1, 0.15) is 335 Å². The fourth-order valence-corrected chi connectivity index (χ4v) is 9.62. The molecule has 0 bridgehead atoms. The standard InChI is InChI=1S/C72H126O6/c1-4-7-10-13-16-19-22-25-28-30-32-34-35-36-37-39-40-42-44-47-50-53-56-59-62-65-71(74)77-68-69(67-76-70(73)64-61-58-55-52-49-46-27-24-21-18-15-12-9-6-3)78-72(75)66-63-60-57-54-51-48-45-43-41-38-33-31-29-26-23-20-17-14-11-8-5-2/h7,10,16,19,25,28,31-34,36-37,40,42,69H,4-6,8-9,11-15,17-18,20-24,26-27,29-30,35,38-39,41,43-68H2,1-3H3/b10-7-,19-16-,28-25-,33-31-,34-32-,37-36-,42-40-. The Morgan fingerprint density at radius 1 is 0.269 bits per heavy atom. The molecule has 0 aromatic rings. The zero-order valence-corrected chi connectivity index (χ0v) is 51.7. The second kappa shape index (κ2) is 66.1. The summed E-state index contributed by atoms with van der Waals surface area (Å²) < 4.78 is 17.0. The molecule has 78 heavy (non-hydrogen) atoms. The minimum absolute atomic E-state index is 0.0787. The number of ether oxygens (including phenoxy) is 3. The second-order valence-electron chi connectivity index (χ2n) is 22.4. The van der Waals surface area contributed by atoms with Gasteiger partial charge < -0.3 is 14.2 Å². The topological polar surface area (TPSA) is 78.9 Å². The van der Waals surface area contributed by atoms with Gasteiger partial charge in [0.15, 0.2) is 6.10 Å². The average Bonchev–Trinajstić information content (AvgIpc) is 3.44. The molecule has 6 heteroatoms. The SMILES string of the molecule is CC/C=C\C/C=C\C/C=C\C/C=C\C/C=C\C/C=C\CCCCCCCCC(=O)OCC(COC(=O)CCCCCCCCCCCCCCCC)OC(=O)CCCCCCCCCCC/C=C\CCCCCCCCCC. The van der Waals surface area contributed by atoms with Crippen LogP contribution in [0.15, 0.2) is 85.1 Å². The fraction of sp³-hybridized carbons (Fsp3) is 0.764. The Hall–Kier alpha value is -3.41. The van der Waals surface area contributed by atoms with Crippen LogP contribution in [0.2, 0.25) is 0 Å². The maximum atomic E-state index is 12.9. The molecular formula is C72H126O6. The lowest BCUT2D eigenvalue weighted by molar-refractivity contribution is -0.167. The zero-order valence-electron chi connectivity index (χ0n) is 51.7. The molecule has 0 aromatic heterocycles. The Labute approximate surface area is 484 Å². The summed E-state index contributed by atoms with van der Waals surface area (Å²) in [5.74, 6) is -0.879. The van der Waals surface area contributed by atoms with Gasteiger partial charge in [-0.15, -0.1) is 0 Å². The quantitative estimate of drug-likeness (QED) is 0.0261. The van der Waals surface area contributed by atoms with Crippen LogP contribution in [0, 0.1) is 0 Å². The van der Waals surface area contributed by atoms with Crippen molar-refractivity contribution in [3.63, 3.8) is 0 Å². The average molecular weight is 1090 g/mol. The van der Waals surface area contributed by atoms with Gasteiger partial charge in [-0.3, -0.25) is 14.4 Å². The number of esters is 3. The summed E-state index contributed by atoms with van der Waals surface area (Å²) in [6.45, 7) is 6.56. The maximum Gasteiger partial charge on any atom is 0.306 e. The number of hydrogen-bond donors (Lipinski definition) is 0. The molecular weight excluding hydrogens is 961 g/mol. The van der Waals surface area contributed by atoms with E-state index in [-0.39, 0.29) is 31.1 Å². The summed E-state index contributed by atoms with van der Waals surface area (Å²) in [5.41, 5.74) is 0. The van der Waals surface area contributed by atoms with Crippen molar-refractivity contribution in [1.82, 2.24) is 0 Å². The first kappa shape index (κ1) is 74.6. The molecule has 0 spiro atoms. The Bertz CT molecular complexity index is 1480. The van der Waals surface area contributed by atoms with Gasteiger partial charge in [0.1, 0.15) is 13.2 Å². The van der Waals surface area contributed by atoms with Crippen LogP contribution in [0.3, 0.4) is 0 Å². The van der Waals surface area contributed by atoms with Gasteiger partial charge in [-0.2, -0.15) is 0 Å². The summed E-state index contributed by atoms with van der Waals surface area (Å²) in [6.07, 6.45) is 87.3. The van der Waals surface area contributed by atoms with Gasteiger partial charge in [-0.05, 0) is 96.3 Å². The van der Waals surface area contributed by atoms with Crippen LogP contribution >= 0.6 is 0 Å². The number of allylic oxidation sites excluding steroid dienone is 14. The summed E-state index contributed by atoms with van der Waals surface area (Å²) in [5, 5.41) is 0. The largest absolute Gasteiger partial charge is 0.462 e. The highest BCUT2D eigenvalue weighted by Gasteiger charge is 2.19. The molecule has 450 valence electrons. The van der Waals surface area contributed by atoms with E-state index in [1.807, 2.05) is 0 Å². The Morgan fingerprint density at radius 3 is 0.795 bits per heavy atom. The Kier molecular flexibility index (Phi) is 63.2. The number of unbranched alkanes of at least 4 members (excludes halogenated alkanes) is 36. The molecule has 1 atom stereocenters. The monoisotopic (exact) mass is 1090 g/mol. The van der Waals surface area contributed by atoms with Gasteiger partial charge >= 0.3 is 17.9 Å². The van der Waals surface area contributed by atoms with Crippen molar-refractivity contribution >= 4 is 17.9 Å². The van der Waals surface area contributed by atoms with E-state index in [0.29, 0.717) is 19.3 Å². The highest BCUT2D eigenvalue weighted by atomic mass is 16.6. The summed E-state index contributed by atoms with van der Waals surface area (Å²) in [7, 11) is 0. The van der Waals surface area contributed by atoms with Crippen LogP contribution in [0.25, 0.3) is 0 Å². The molecule has 6 nitrogen and oxygen atoms in total. The zero-order chi connectivity index (χ0) is 56.4. The summed E-state index contributed by atoms with van der Waals surface area (Å²) >= 11 is 0. The van der Waals surface area contributed by atoms with Gasteiger partial charge in [0, 0.05) is 19.3 Å². The van der Waals surface area contributed by atoms with E-state index in [2.05, 4.69) is 106 Å². The predicted octanol–water partition coefficient (Wildman–Crippen LogP) is 23.1. The van der Waals surface area contributed by atoms with Crippen LogP contribution in [-0.4, -0.2) is 37.2 Å². The van der Waals surface area contributed by atoms with Crippen molar-refractivity contribution < 1.29 is 28.6 Å². The number of carbonyl (C=O) groups is 3. The van der Waals surface area contributed by atoms with Crippen molar-refractivity contribution in [2.24, 2.45) is 0 Å².